The normalized spacial score (nSPS) is 15.4. The number of amides is 4. The summed E-state index contributed by atoms with van der Waals surface area (Å²) in [5.41, 5.74) is 0. The number of carbonyl (C=O) groups excluding carboxylic acids is 3. The van der Waals surface area contributed by atoms with Crippen LogP contribution in [0.15, 0.2) is 22.8 Å². The molecule has 1 aliphatic heterocycles. The Labute approximate surface area is 128 Å². The first-order chi connectivity index (χ1) is 10.5. The molecule has 0 saturated carbocycles. The minimum absolute atomic E-state index is 0.0563. The van der Waals surface area contributed by atoms with E-state index in [1.807, 2.05) is 0 Å². The number of rotatable bonds is 4. The van der Waals surface area contributed by atoms with E-state index in [2.05, 4.69) is 10.6 Å². The second kappa shape index (κ2) is 7.60. The van der Waals surface area contributed by atoms with Gasteiger partial charge in [0.25, 0.3) is 5.91 Å². The Bertz CT molecular complexity index is 521. The molecule has 3 N–H and O–H groups in total. The molecule has 0 bridgehead atoms. The van der Waals surface area contributed by atoms with Crippen LogP contribution in [0.2, 0.25) is 0 Å². The maximum absolute atomic E-state index is 11.8. The number of imide groups is 1. The number of urea groups is 1. The smallest absolute Gasteiger partial charge is 0.321 e. The van der Waals surface area contributed by atoms with Crippen molar-refractivity contribution >= 4 is 17.8 Å². The summed E-state index contributed by atoms with van der Waals surface area (Å²) in [7, 11) is 0. The molecule has 22 heavy (non-hydrogen) atoms. The molecule has 1 fully saturated rings. The fourth-order valence-corrected chi connectivity index (χ4v) is 2.34. The molecule has 0 unspecified atom stereocenters. The van der Waals surface area contributed by atoms with E-state index in [0.29, 0.717) is 31.9 Å². The van der Waals surface area contributed by atoms with E-state index in [0.717, 1.165) is 4.90 Å². The third kappa shape index (κ3) is 4.88. The van der Waals surface area contributed by atoms with Crippen molar-refractivity contribution in [3.05, 3.63) is 24.2 Å². The van der Waals surface area contributed by atoms with Gasteiger partial charge in [0.05, 0.1) is 39.0 Å². The van der Waals surface area contributed by atoms with Gasteiger partial charge in [-0.25, -0.2) is 4.79 Å². The van der Waals surface area contributed by atoms with Crippen molar-refractivity contribution in [1.29, 1.82) is 0 Å². The highest BCUT2D eigenvalue weighted by atomic mass is 16.3. The molecule has 1 aliphatic rings. The Hall–Kier alpha value is -2.35. The van der Waals surface area contributed by atoms with Crippen molar-refractivity contribution in [3.63, 3.8) is 0 Å². The van der Waals surface area contributed by atoms with Gasteiger partial charge in [-0.3, -0.25) is 14.9 Å². The fourth-order valence-electron chi connectivity index (χ4n) is 2.34. The molecular formula is C14H21N4O4+. The van der Waals surface area contributed by atoms with Gasteiger partial charge in [0, 0.05) is 6.92 Å². The van der Waals surface area contributed by atoms with Crippen molar-refractivity contribution < 1.29 is 23.7 Å². The molecule has 4 amide bonds. The largest absolute Gasteiger partial charge is 0.467 e. The van der Waals surface area contributed by atoms with E-state index >= 15 is 0 Å². The maximum Gasteiger partial charge on any atom is 0.321 e. The summed E-state index contributed by atoms with van der Waals surface area (Å²) < 4.78 is 5.08. The maximum atomic E-state index is 11.8. The predicted molar refractivity (Wildman–Crippen MR) is 76.9 cm³/mol. The Morgan fingerprint density at radius 1 is 1.32 bits per heavy atom. The van der Waals surface area contributed by atoms with Crippen LogP contribution < -0.4 is 15.5 Å². The third-order valence-corrected chi connectivity index (χ3v) is 3.58. The lowest BCUT2D eigenvalue weighted by atomic mass is 10.3. The SMILES string of the molecule is CC(=O)N1CC[NH+](CC(=O)NC(=O)NCc2ccco2)CC1. The average molecular weight is 309 g/mol. The van der Waals surface area contributed by atoms with Crippen molar-refractivity contribution in [2.24, 2.45) is 0 Å². The molecule has 0 atom stereocenters. The number of quaternary nitrogens is 1. The first-order valence-corrected chi connectivity index (χ1v) is 7.23. The highest BCUT2D eigenvalue weighted by Crippen LogP contribution is 1.97. The number of piperazine rings is 1. The lowest BCUT2D eigenvalue weighted by molar-refractivity contribution is -0.896. The molecule has 2 rings (SSSR count). The Kier molecular flexibility index (Phi) is 5.54. The van der Waals surface area contributed by atoms with Gasteiger partial charge in [0.2, 0.25) is 5.91 Å². The minimum atomic E-state index is -0.539. The van der Waals surface area contributed by atoms with Gasteiger partial charge >= 0.3 is 6.03 Å². The van der Waals surface area contributed by atoms with Gasteiger partial charge in [-0.1, -0.05) is 0 Å². The van der Waals surface area contributed by atoms with Gasteiger partial charge in [-0.05, 0) is 12.1 Å². The molecule has 0 radical (unpaired) electrons. The molecule has 0 aromatic carbocycles. The van der Waals surface area contributed by atoms with Crippen molar-refractivity contribution in [2.75, 3.05) is 32.7 Å². The van der Waals surface area contributed by atoms with Crippen LogP contribution in [0.4, 0.5) is 4.79 Å². The topological polar surface area (TPSA) is 96.1 Å². The van der Waals surface area contributed by atoms with E-state index in [9.17, 15) is 14.4 Å². The van der Waals surface area contributed by atoms with Crippen LogP contribution >= 0.6 is 0 Å². The highest BCUT2D eigenvalue weighted by Gasteiger charge is 2.23. The van der Waals surface area contributed by atoms with Crippen LogP contribution in [0.25, 0.3) is 0 Å². The molecule has 0 spiro atoms. The standard InChI is InChI=1S/C14H20N4O4/c1-11(19)18-6-4-17(5-7-18)10-13(20)16-14(21)15-9-12-3-2-8-22-12/h2-3,8H,4-7,9-10H2,1H3,(H2,15,16,20,21)/p+1. The summed E-state index contributed by atoms with van der Waals surface area (Å²) in [6.07, 6.45) is 1.52. The average Bonchev–Trinajstić information content (AvgIpc) is 2.99. The first-order valence-electron chi connectivity index (χ1n) is 7.23. The van der Waals surface area contributed by atoms with Crippen molar-refractivity contribution in [3.8, 4) is 0 Å². The summed E-state index contributed by atoms with van der Waals surface area (Å²) in [5, 5.41) is 4.84. The van der Waals surface area contributed by atoms with Gasteiger partial charge in [-0.2, -0.15) is 0 Å². The predicted octanol–water partition coefficient (Wildman–Crippen LogP) is -1.65. The van der Waals surface area contributed by atoms with Crippen molar-refractivity contribution in [2.45, 2.75) is 13.5 Å². The minimum Gasteiger partial charge on any atom is -0.467 e. The Balaban J connectivity index is 1.65. The zero-order chi connectivity index (χ0) is 15.9. The molecule has 120 valence electrons. The zero-order valence-electron chi connectivity index (χ0n) is 12.6. The summed E-state index contributed by atoms with van der Waals surface area (Å²) >= 11 is 0. The van der Waals surface area contributed by atoms with E-state index in [1.54, 1.807) is 24.0 Å². The van der Waals surface area contributed by atoms with Gasteiger partial charge < -0.3 is 19.5 Å². The quantitative estimate of drug-likeness (QED) is 0.621. The van der Waals surface area contributed by atoms with Crippen LogP contribution in [0.3, 0.4) is 0 Å². The summed E-state index contributed by atoms with van der Waals surface area (Å²) in [6, 6.07) is 2.92. The van der Waals surface area contributed by atoms with Crippen LogP contribution in [-0.2, 0) is 16.1 Å². The monoisotopic (exact) mass is 309 g/mol. The van der Waals surface area contributed by atoms with Crippen LogP contribution in [-0.4, -0.2) is 55.5 Å². The van der Waals surface area contributed by atoms with Gasteiger partial charge in [0.1, 0.15) is 5.76 Å². The number of nitrogens with one attached hydrogen (secondary N) is 3. The van der Waals surface area contributed by atoms with Crippen LogP contribution in [0.1, 0.15) is 12.7 Å². The molecule has 8 heteroatoms. The van der Waals surface area contributed by atoms with Crippen molar-refractivity contribution in [1.82, 2.24) is 15.5 Å². The number of carbonyl (C=O) groups is 3. The molecule has 0 aliphatic carbocycles. The van der Waals surface area contributed by atoms with Crippen LogP contribution in [0.5, 0.6) is 0 Å². The number of hydrogen-bond donors (Lipinski definition) is 3. The van der Waals surface area contributed by atoms with Crippen LogP contribution in [0, 0.1) is 0 Å². The molecule has 1 aromatic rings. The number of nitrogens with zero attached hydrogens (tertiary/aromatic N) is 1. The van der Waals surface area contributed by atoms with Gasteiger partial charge in [-0.15, -0.1) is 0 Å². The lowest BCUT2D eigenvalue weighted by Crippen LogP contribution is -3.15. The fraction of sp³-hybridized carbons (Fsp3) is 0.500. The Morgan fingerprint density at radius 2 is 2.05 bits per heavy atom. The lowest BCUT2D eigenvalue weighted by Gasteiger charge is -2.31. The van der Waals surface area contributed by atoms with E-state index in [4.69, 9.17) is 4.42 Å². The molecule has 1 aromatic heterocycles. The zero-order valence-corrected chi connectivity index (χ0v) is 12.6. The molecule has 2 heterocycles. The summed E-state index contributed by atoms with van der Waals surface area (Å²) in [6.45, 7) is 4.70. The Morgan fingerprint density at radius 3 is 2.64 bits per heavy atom. The molecule has 1 saturated heterocycles. The third-order valence-electron chi connectivity index (χ3n) is 3.58. The summed E-state index contributed by atoms with van der Waals surface area (Å²) in [4.78, 5) is 37.4. The molecule has 8 nitrogen and oxygen atoms in total. The number of hydrogen-bond acceptors (Lipinski definition) is 4. The highest BCUT2D eigenvalue weighted by molar-refractivity contribution is 5.94. The summed E-state index contributed by atoms with van der Waals surface area (Å²) in [5.74, 6) is 0.345. The van der Waals surface area contributed by atoms with E-state index in [-0.39, 0.29) is 24.9 Å². The first kappa shape index (κ1) is 16.0. The number of furan rings is 1. The second-order valence-corrected chi connectivity index (χ2v) is 5.24. The second-order valence-electron chi connectivity index (χ2n) is 5.24. The van der Waals surface area contributed by atoms with Gasteiger partial charge in [0.15, 0.2) is 6.54 Å². The van der Waals surface area contributed by atoms with E-state index in [1.165, 1.54) is 6.26 Å². The van der Waals surface area contributed by atoms with E-state index < -0.39 is 6.03 Å². The molecular weight excluding hydrogens is 288 g/mol.